The minimum Gasteiger partial charge on any atom is -0.452 e. The number of anilines is 1. The molecule has 0 radical (unpaired) electrons. The fourth-order valence-corrected chi connectivity index (χ4v) is 4.38. The molecular formula is C22H20F3N3O5S. The SMILES string of the molecule is C=CCN(c1cccc(C(F)(F)F)c1)S(=O)(=O)c1cccc(C(=O)OCc2nc(CC)no2)c1. The van der Waals surface area contributed by atoms with Crippen LogP contribution in [0.2, 0.25) is 0 Å². The van der Waals surface area contributed by atoms with Crippen LogP contribution in [0.5, 0.6) is 0 Å². The highest BCUT2D eigenvalue weighted by molar-refractivity contribution is 7.92. The van der Waals surface area contributed by atoms with E-state index in [1.54, 1.807) is 0 Å². The maximum Gasteiger partial charge on any atom is 0.416 e. The van der Waals surface area contributed by atoms with Crippen LogP contribution >= 0.6 is 0 Å². The average molecular weight is 495 g/mol. The van der Waals surface area contributed by atoms with Crippen molar-refractivity contribution in [2.45, 2.75) is 31.0 Å². The molecule has 0 unspecified atom stereocenters. The summed E-state index contributed by atoms with van der Waals surface area (Å²) in [5, 5.41) is 3.68. The van der Waals surface area contributed by atoms with E-state index in [1.165, 1.54) is 30.3 Å². The van der Waals surface area contributed by atoms with Crippen molar-refractivity contribution in [3.05, 3.63) is 84.0 Å². The molecule has 0 saturated heterocycles. The van der Waals surface area contributed by atoms with E-state index in [2.05, 4.69) is 16.7 Å². The van der Waals surface area contributed by atoms with E-state index in [0.29, 0.717) is 12.2 Å². The smallest absolute Gasteiger partial charge is 0.416 e. The molecule has 0 spiro atoms. The van der Waals surface area contributed by atoms with Gasteiger partial charge >= 0.3 is 12.1 Å². The van der Waals surface area contributed by atoms with Crippen molar-refractivity contribution in [2.75, 3.05) is 10.8 Å². The first-order valence-corrected chi connectivity index (χ1v) is 11.4. The van der Waals surface area contributed by atoms with Gasteiger partial charge in [0.05, 0.1) is 28.3 Å². The van der Waals surface area contributed by atoms with Crippen LogP contribution in [0.25, 0.3) is 0 Å². The number of carbonyl (C=O) groups excluding carboxylic acids is 1. The summed E-state index contributed by atoms with van der Waals surface area (Å²) >= 11 is 0. The predicted molar refractivity (Wildman–Crippen MR) is 115 cm³/mol. The number of carbonyl (C=O) groups is 1. The fourth-order valence-electron chi connectivity index (χ4n) is 2.91. The third-order valence-corrected chi connectivity index (χ3v) is 6.36. The molecule has 0 fully saturated rings. The summed E-state index contributed by atoms with van der Waals surface area (Å²) < 4.78 is 76.8. The monoisotopic (exact) mass is 495 g/mol. The highest BCUT2D eigenvalue weighted by Crippen LogP contribution is 2.33. The summed E-state index contributed by atoms with van der Waals surface area (Å²) in [4.78, 5) is 16.1. The van der Waals surface area contributed by atoms with Gasteiger partial charge in [-0.05, 0) is 36.4 Å². The van der Waals surface area contributed by atoms with Crippen LogP contribution in [0.1, 0.15) is 34.6 Å². The normalized spacial score (nSPS) is 11.8. The molecule has 8 nitrogen and oxygen atoms in total. The van der Waals surface area contributed by atoms with Crippen molar-refractivity contribution in [2.24, 2.45) is 0 Å². The lowest BCUT2D eigenvalue weighted by Crippen LogP contribution is -2.31. The molecule has 0 atom stereocenters. The Morgan fingerprint density at radius 3 is 2.59 bits per heavy atom. The van der Waals surface area contributed by atoms with E-state index in [4.69, 9.17) is 9.26 Å². The summed E-state index contributed by atoms with van der Waals surface area (Å²) in [7, 11) is -4.36. The number of nitrogens with zero attached hydrogens (tertiary/aromatic N) is 3. The molecule has 1 heterocycles. The highest BCUT2D eigenvalue weighted by atomic mass is 32.2. The number of ether oxygens (including phenoxy) is 1. The molecule has 2 aromatic carbocycles. The molecule has 3 rings (SSSR count). The maximum absolute atomic E-state index is 13.3. The van der Waals surface area contributed by atoms with Gasteiger partial charge in [0.25, 0.3) is 15.9 Å². The van der Waals surface area contributed by atoms with Gasteiger partial charge in [-0.25, -0.2) is 13.2 Å². The lowest BCUT2D eigenvalue weighted by molar-refractivity contribution is -0.137. The molecule has 34 heavy (non-hydrogen) atoms. The summed E-state index contributed by atoms with van der Waals surface area (Å²) in [5.74, 6) is -0.325. The molecule has 12 heteroatoms. The molecule has 0 aliphatic carbocycles. The number of hydrogen-bond acceptors (Lipinski definition) is 7. The summed E-state index contributed by atoms with van der Waals surface area (Å²) in [5.41, 5.74) is -1.29. The zero-order chi connectivity index (χ0) is 24.9. The lowest BCUT2D eigenvalue weighted by atomic mass is 10.2. The largest absolute Gasteiger partial charge is 0.452 e. The Bertz CT molecular complexity index is 1290. The number of benzene rings is 2. The van der Waals surface area contributed by atoms with Crippen LogP contribution in [0.4, 0.5) is 18.9 Å². The molecule has 3 aromatic rings. The number of aromatic nitrogens is 2. The van der Waals surface area contributed by atoms with E-state index in [1.807, 2.05) is 6.92 Å². The number of alkyl halides is 3. The van der Waals surface area contributed by atoms with Gasteiger partial charge in [0, 0.05) is 6.42 Å². The third-order valence-electron chi connectivity index (χ3n) is 4.57. The van der Waals surface area contributed by atoms with Gasteiger partial charge in [-0.3, -0.25) is 4.31 Å². The quantitative estimate of drug-likeness (QED) is 0.320. The Labute approximate surface area is 193 Å². The number of halogens is 3. The second-order valence-corrected chi connectivity index (χ2v) is 8.80. The Kier molecular flexibility index (Phi) is 7.40. The lowest BCUT2D eigenvalue weighted by Gasteiger charge is -2.24. The molecule has 0 aliphatic rings. The van der Waals surface area contributed by atoms with E-state index in [-0.39, 0.29) is 35.2 Å². The molecule has 0 amide bonds. The molecule has 0 saturated carbocycles. The van der Waals surface area contributed by atoms with Crippen LogP contribution in [0.3, 0.4) is 0 Å². The molecule has 1 aromatic heterocycles. The second-order valence-electron chi connectivity index (χ2n) is 6.93. The van der Waals surface area contributed by atoms with Crippen molar-refractivity contribution in [1.29, 1.82) is 0 Å². The minimum atomic E-state index is -4.65. The van der Waals surface area contributed by atoms with Crippen LogP contribution in [-0.2, 0) is 34.0 Å². The van der Waals surface area contributed by atoms with E-state index >= 15 is 0 Å². The number of rotatable bonds is 9. The van der Waals surface area contributed by atoms with Crippen molar-refractivity contribution in [3.63, 3.8) is 0 Å². The zero-order valence-electron chi connectivity index (χ0n) is 17.9. The van der Waals surface area contributed by atoms with Crippen LogP contribution < -0.4 is 4.31 Å². The maximum atomic E-state index is 13.3. The van der Waals surface area contributed by atoms with Crippen molar-refractivity contribution in [1.82, 2.24) is 10.1 Å². The fraction of sp³-hybridized carbons (Fsp3) is 0.227. The zero-order valence-corrected chi connectivity index (χ0v) is 18.8. The Morgan fingerprint density at radius 2 is 1.94 bits per heavy atom. The van der Waals surface area contributed by atoms with Gasteiger partial charge < -0.3 is 9.26 Å². The van der Waals surface area contributed by atoms with Gasteiger partial charge in [0.1, 0.15) is 0 Å². The van der Waals surface area contributed by atoms with E-state index in [0.717, 1.165) is 28.6 Å². The third kappa shape index (κ3) is 5.63. The topological polar surface area (TPSA) is 103 Å². The van der Waals surface area contributed by atoms with Crippen LogP contribution in [0.15, 0.2) is 70.6 Å². The van der Waals surface area contributed by atoms with Gasteiger partial charge in [-0.15, -0.1) is 6.58 Å². The van der Waals surface area contributed by atoms with Crippen LogP contribution in [-0.4, -0.2) is 31.1 Å². The Hall–Kier alpha value is -3.67. The standard InChI is InChI=1S/C22H20F3N3O5S/c1-3-11-28(17-9-6-8-16(13-17)22(23,24)25)34(30,31)18-10-5-7-15(12-18)21(29)32-14-20-26-19(4-2)27-33-20/h3,5-10,12-13H,1,4,11,14H2,2H3. The number of sulfonamides is 1. The molecule has 0 N–H and O–H groups in total. The number of hydrogen-bond donors (Lipinski definition) is 0. The minimum absolute atomic E-state index is 0.0793. The first kappa shape index (κ1) is 25.0. The van der Waals surface area contributed by atoms with Crippen molar-refractivity contribution in [3.8, 4) is 0 Å². The van der Waals surface area contributed by atoms with Gasteiger partial charge in [0.2, 0.25) is 0 Å². The Morgan fingerprint density at radius 1 is 1.21 bits per heavy atom. The van der Waals surface area contributed by atoms with Crippen molar-refractivity contribution < 1.29 is 35.6 Å². The summed E-state index contributed by atoms with van der Waals surface area (Å²) in [6.45, 7) is 4.70. The molecule has 0 aliphatic heterocycles. The summed E-state index contributed by atoms with van der Waals surface area (Å²) in [6.07, 6.45) is -2.88. The average Bonchev–Trinajstić information content (AvgIpc) is 3.28. The predicted octanol–water partition coefficient (Wildman–Crippen LogP) is 4.39. The van der Waals surface area contributed by atoms with Gasteiger partial charge in [-0.1, -0.05) is 30.3 Å². The van der Waals surface area contributed by atoms with Gasteiger partial charge in [0.15, 0.2) is 12.4 Å². The second kappa shape index (κ2) is 10.1. The number of esters is 1. The van der Waals surface area contributed by atoms with Crippen molar-refractivity contribution >= 4 is 21.7 Å². The summed E-state index contributed by atoms with van der Waals surface area (Å²) in [6, 6.07) is 8.88. The van der Waals surface area contributed by atoms with Gasteiger partial charge in [-0.2, -0.15) is 18.2 Å². The first-order valence-electron chi connectivity index (χ1n) is 9.95. The number of aryl methyl sites for hydroxylation is 1. The molecule has 180 valence electrons. The van der Waals surface area contributed by atoms with E-state index in [9.17, 15) is 26.4 Å². The first-order chi connectivity index (χ1) is 16.1. The highest BCUT2D eigenvalue weighted by Gasteiger charge is 2.32. The molecular weight excluding hydrogens is 475 g/mol. The Balaban J connectivity index is 1.87. The van der Waals surface area contributed by atoms with E-state index < -0.39 is 27.7 Å². The molecule has 0 bridgehead atoms. The van der Waals surface area contributed by atoms with Crippen LogP contribution in [0, 0.1) is 0 Å².